The molecule has 3 heterocycles. The maximum absolute atomic E-state index is 5.28. The summed E-state index contributed by atoms with van der Waals surface area (Å²) in [6, 6.07) is 58.4. The Hall–Kier alpha value is -6.10. The SMILES string of the molecule is c1ccc(-n2c3ccccc3c3c4c(ccc32)c(-c2ccc(-c3ccc(-c5nc6ccccc6s5)cc3)cc2)nc2ccccc24)cc1. The van der Waals surface area contributed by atoms with Gasteiger partial charge in [-0.05, 0) is 53.6 Å². The predicted molar refractivity (Wildman–Crippen MR) is 203 cm³/mol. The largest absolute Gasteiger partial charge is 0.309 e. The average Bonchev–Trinajstić information content (AvgIpc) is 3.75. The summed E-state index contributed by atoms with van der Waals surface area (Å²) in [7, 11) is 0. The molecular weight excluding hydrogens is 603 g/mol. The second-order valence-electron chi connectivity index (χ2n) is 12.2. The van der Waals surface area contributed by atoms with Crippen molar-refractivity contribution < 1.29 is 0 Å². The molecule has 3 aromatic heterocycles. The molecule has 0 aliphatic rings. The van der Waals surface area contributed by atoms with Crippen LogP contribution >= 0.6 is 11.3 Å². The molecule has 0 bridgehead atoms. The molecule has 0 amide bonds. The molecule has 7 aromatic carbocycles. The van der Waals surface area contributed by atoms with Crippen LogP contribution < -0.4 is 0 Å². The van der Waals surface area contributed by atoms with Gasteiger partial charge in [-0.25, -0.2) is 9.97 Å². The van der Waals surface area contributed by atoms with Crippen LogP contribution in [0.1, 0.15) is 0 Å². The molecule has 10 rings (SSSR count). The lowest BCUT2D eigenvalue weighted by Gasteiger charge is -2.13. The van der Waals surface area contributed by atoms with Crippen molar-refractivity contribution in [1.82, 2.24) is 14.5 Å². The molecule has 0 unspecified atom stereocenters. The van der Waals surface area contributed by atoms with Gasteiger partial charge < -0.3 is 4.57 Å². The first-order valence-electron chi connectivity index (χ1n) is 16.2. The summed E-state index contributed by atoms with van der Waals surface area (Å²) in [6.07, 6.45) is 0. The molecule has 0 saturated carbocycles. The van der Waals surface area contributed by atoms with Crippen LogP contribution in [0.4, 0.5) is 0 Å². The number of hydrogen-bond donors (Lipinski definition) is 0. The van der Waals surface area contributed by atoms with E-state index in [2.05, 4.69) is 162 Å². The van der Waals surface area contributed by atoms with E-state index in [4.69, 9.17) is 9.97 Å². The van der Waals surface area contributed by atoms with Crippen molar-refractivity contribution in [2.24, 2.45) is 0 Å². The zero-order chi connectivity index (χ0) is 31.6. The third kappa shape index (κ3) is 4.20. The molecular formula is C44H27N3S. The van der Waals surface area contributed by atoms with Crippen molar-refractivity contribution >= 4 is 65.0 Å². The Morgan fingerprint density at radius 3 is 1.79 bits per heavy atom. The zero-order valence-electron chi connectivity index (χ0n) is 25.8. The molecule has 0 aliphatic heterocycles. The Kier molecular flexibility index (Phi) is 6.05. The van der Waals surface area contributed by atoms with Crippen molar-refractivity contribution in [2.45, 2.75) is 0 Å². The van der Waals surface area contributed by atoms with Gasteiger partial charge >= 0.3 is 0 Å². The Labute approximate surface area is 281 Å². The number of hydrogen-bond acceptors (Lipinski definition) is 3. The van der Waals surface area contributed by atoms with Crippen molar-refractivity contribution in [3.63, 3.8) is 0 Å². The summed E-state index contributed by atoms with van der Waals surface area (Å²) in [6.45, 7) is 0. The number of aromatic nitrogens is 3. The maximum atomic E-state index is 5.28. The summed E-state index contributed by atoms with van der Waals surface area (Å²) in [5.41, 5.74) is 11.2. The minimum Gasteiger partial charge on any atom is -0.309 e. The van der Waals surface area contributed by atoms with Crippen LogP contribution in [0, 0.1) is 0 Å². The number of benzene rings is 7. The second kappa shape index (κ2) is 10.7. The van der Waals surface area contributed by atoms with Crippen LogP contribution in [0.5, 0.6) is 0 Å². The van der Waals surface area contributed by atoms with Crippen LogP contribution in [0.3, 0.4) is 0 Å². The van der Waals surface area contributed by atoms with Gasteiger partial charge in [-0.2, -0.15) is 0 Å². The van der Waals surface area contributed by atoms with E-state index >= 15 is 0 Å². The van der Waals surface area contributed by atoms with Crippen LogP contribution in [-0.2, 0) is 0 Å². The number of thiazole rings is 1. The lowest BCUT2D eigenvalue weighted by Crippen LogP contribution is -1.94. The highest BCUT2D eigenvalue weighted by Gasteiger charge is 2.19. The quantitative estimate of drug-likeness (QED) is 0.181. The highest BCUT2D eigenvalue weighted by Crippen LogP contribution is 2.42. The fraction of sp³-hybridized carbons (Fsp3) is 0. The molecule has 0 aliphatic carbocycles. The van der Waals surface area contributed by atoms with E-state index < -0.39 is 0 Å². The van der Waals surface area contributed by atoms with Crippen molar-refractivity contribution in [1.29, 1.82) is 0 Å². The Balaban J connectivity index is 1.12. The van der Waals surface area contributed by atoms with Crippen molar-refractivity contribution in [3.05, 3.63) is 164 Å². The minimum atomic E-state index is 0.999. The standard InChI is InChI=1S/C44H27N3S/c1-2-10-32(11-3-1)47-38-16-8-5-13-34(38)42-39(47)27-26-35-41(42)33-12-4-6-14-36(33)45-43(35)30-22-18-28(19-23-30)29-20-24-31(25-21-29)44-46-37-15-7-9-17-40(37)48-44/h1-27H. The fourth-order valence-corrected chi connectivity index (χ4v) is 8.17. The van der Waals surface area contributed by atoms with Gasteiger partial charge in [0.05, 0.1) is 32.5 Å². The Morgan fingerprint density at radius 2 is 1.02 bits per heavy atom. The molecule has 3 nitrogen and oxygen atoms in total. The Morgan fingerprint density at radius 1 is 0.396 bits per heavy atom. The number of fused-ring (bicyclic) bond motifs is 8. The van der Waals surface area contributed by atoms with E-state index in [-0.39, 0.29) is 0 Å². The van der Waals surface area contributed by atoms with Gasteiger partial charge in [-0.15, -0.1) is 11.3 Å². The molecule has 0 fully saturated rings. The first kappa shape index (κ1) is 27.1. The van der Waals surface area contributed by atoms with Gasteiger partial charge in [0.25, 0.3) is 0 Å². The maximum Gasteiger partial charge on any atom is 0.124 e. The zero-order valence-corrected chi connectivity index (χ0v) is 26.7. The minimum absolute atomic E-state index is 0.999. The molecule has 0 N–H and O–H groups in total. The number of rotatable bonds is 4. The third-order valence-electron chi connectivity index (χ3n) is 9.43. The fourth-order valence-electron chi connectivity index (χ4n) is 7.20. The monoisotopic (exact) mass is 629 g/mol. The molecule has 224 valence electrons. The van der Waals surface area contributed by atoms with Gasteiger partial charge in [0.15, 0.2) is 0 Å². The van der Waals surface area contributed by atoms with E-state index in [1.165, 1.54) is 48.4 Å². The number of nitrogens with zero attached hydrogens (tertiary/aromatic N) is 3. The van der Waals surface area contributed by atoms with E-state index in [1.807, 2.05) is 6.07 Å². The van der Waals surface area contributed by atoms with Crippen LogP contribution in [0.15, 0.2) is 164 Å². The molecule has 48 heavy (non-hydrogen) atoms. The summed E-state index contributed by atoms with van der Waals surface area (Å²) in [5, 5.41) is 7.13. The first-order valence-corrected chi connectivity index (χ1v) is 17.0. The smallest absolute Gasteiger partial charge is 0.124 e. The number of pyridine rings is 1. The van der Waals surface area contributed by atoms with E-state index in [0.29, 0.717) is 0 Å². The van der Waals surface area contributed by atoms with Gasteiger partial charge in [0, 0.05) is 43.7 Å². The van der Waals surface area contributed by atoms with Crippen LogP contribution in [0.25, 0.3) is 92.3 Å². The van der Waals surface area contributed by atoms with Crippen LogP contribution in [0.2, 0.25) is 0 Å². The highest BCUT2D eigenvalue weighted by atomic mass is 32.1. The molecule has 0 spiro atoms. The van der Waals surface area contributed by atoms with E-state index in [0.717, 1.165) is 43.9 Å². The molecule has 0 radical (unpaired) electrons. The van der Waals surface area contributed by atoms with Crippen molar-refractivity contribution in [2.75, 3.05) is 0 Å². The average molecular weight is 630 g/mol. The lowest BCUT2D eigenvalue weighted by atomic mass is 9.95. The summed E-state index contributed by atoms with van der Waals surface area (Å²) >= 11 is 1.73. The number of para-hydroxylation sites is 4. The van der Waals surface area contributed by atoms with E-state index in [9.17, 15) is 0 Å². The van der Waals surface area contributed by atoms with Gasteiger partial charge in [-0.1, -0.05) is 121 Å². The molecule has 10 aromatic rings. The summed E-state index contributed by atoms with van der Waals surface area (Å²) < 4.78 is 3.60. The van der Waals surface area contributed by atoms with E-state index in [1.54, 1.807) is 11.3 Å². The summed E-state index contributed by atoms with van der Waals surface area (Å²) in [5.74, 6) is 0. The molecule has 0 saturated heterocycles. The lowest BCUT2D eigenvalue weighted by molar-refractivity contribution is 1.18. The molecule has 4 heteroatoms. The van der Waals surface area contributed by atoms with Crippen molar-refractivity contribution in [3.8, 4) is 38.6 Å². The normalized spacial score (nSPS) is 11.8. The predicted octanol–water partition coefficient (Wildman–Crippen LogP) is 12.1. The topological polar surface area (TPSA) is 30.7 Å². The highest BCUT2D eigenvalue weighted by molar-refractivity contribution is 7.21. The third-order valence-corrected chi connectivity index (χ3v) is 10.5. The van der Waals surface area contributed by atoms with Crippen LogP contribution in [-0.4, -0.2) is 14.5 Å². The molecule has 0 atom stereocenters. The van der Waals surface area contributed by atoms with Gasteiger partial charge in [0.2, 0.25) is 0 Å². The van der Waals surface area contributed by atoms with Gasteiger partial charge in [0.1, 0.15) is 5.01 Å². The summed E-state index contributed by atoms with van der Waals surface area (Å²) in [4.78, 5) is 10.1. The first-order chi connectivity index (χ1) is 23.8. The second-order valence-corrected chi connectivity index (χ2v) is 13.2. The Bertz CT molecular complexity index is 2780. The van der Waals surface area contributed by atoms with Gasteiger partial charge in [-0.3, -0.25) is 0 Å².